The van der Waals surface area contributed by atoms with Crippen molar-refractivity contribution in [3.05, 3.63) is 71.3 Å². The Kier molecular flexibility index (Phi) is 4.91. The summed E-state index contributed by atoms with van der Waals surface area (Å²) >= 11 is 0. The Morgan fingerprint density at radius 3 is 2.40 bits per heavy atom. The van der Waals surface area contributed by atoms with E-state index in [1.807, 2.05) is 61.5 Å². The summed E-state index contributed by atoms with van der Waals surface area (Å²) in [6, 6.07) is 17.2. The van der Waals surface area contributed by atoms with Gasteiger partial charge in [0.05, 0.1) is 12.5 Å². The predicted molar refractivity (Wildman–Crippen MR) is 79.3 cm³/mol. The van der Waals surface area contributed by atoms with Crippen LogP contribution in [0.3, 0.4) is 0 Å². The normalized spacial score (nSPS) is 11.9. The molecule has 0 aliphatic carbocycles. The Morgan fingerprint density at radius 2 is 1.75 bits per heavy atom. The van der Waals surface area contributed by atoms with Crippen LogP contribution in [0.4, 0.5) is 0 Å². The zero-order chi connectivity index (χ0) is 14.4. The van der Waals surface area contributed by atoms with E-state index in [1.165, 1.54) is 0 Å². The second-order valence-corrected chi connectivity index (χ2v) is 4.89. The number of aliphatic hydroxyl groups is 1. The minimum absolute atomic E-state index is 0.0811. The summed E-state index contributed by atoms with van der Waals surface area (Å²) in [5, 5.41) is 12.8. The highest BCUT2D eigenvalue weighted by atomic mass is 16.3. The molecule has 1 amide bonds. The molecule has 0 aromatic heterocycles. The van der Waals surface area contributed by atoms with E-state index < -0.39 is 6.10 Å². The average Bonchev–Trinajstić information content (AvgIpc) is 2.46. The van der Waals surface area contributed by atoms with E-state index in [4.69, 9.17) is 0 Å². The zero-order valence-corrected chi connectivity index (χ0v) is 11.5. The Labute approximate surface area is 119 Å². The van der Waals surface area contributed by atoms with Gasteiger partial charge in [-0.25, -0.2) is 0 Å². The summed E-state index contributed by atoms with van der Waals surface area (Å²) in [7, 11) is 0. The van der Waals surface area contributed by atoms with Crippen molar-refractivity contribution in [2.75, 3.05) is 6.54 Å². The number of rotatable bonds is 5. The molecule has 0 saturated carbocycles. The highest BCUT2D eigenvalue weighted by molar-refractivity contribution is 5.78. The van der Waals surface area contributed by atoms with Gasteiger partial charge in [-0.15, -0.1) is 0 Å². The molecule has 3 nitrogen and oxygen atoms in total. The van der Waals surface area contributed by atoms with Crippen molar-refractivity contribution in [3.63, 3.8) is 0 Å². The van der Waals surface area contributed by atoms with Gasteiger partial charge in [0.2, 0.25) is 5.91 Å². The van der Waals surface area contributed by atoms with Crippen LogP contribution < -0.4 is 5.32 Å². The third-order valence-electron chi connectivity index (χ3n) is 3.16. The first kappa shape index (κ1) is 14.3. The van der Waals surface area contributed by atoms with Crippen LogP contribution in [0.1, 0.15) is 22.8 Å². The molecular weight excluding hydrogens is 250 g/mol. The number of hydrogen-bond acceptors (Lipinski definition) is 2. The molecule has 2 aromatic rings. The van der Waals surface area contributed by atoms with Gasteiger partial charge in [0, 0.05) is 6.54 Å². The minimum atomic E-state index is -0.671. The third-order valence-corrected chi connectivity index (χ3v) is 3.16. The van der Waals surface area contributed by atoms with Crippen molar-refractivity contribution in [2.45, 2.75) is 19.4 Å². The lowest BCUT2D eigenvalue weighted by Gasteiger charge is -2.12. The van der Waals surface area contributed by atoms with Crippen LogP contribution >= 0.6 is 0 Å². The number of carbonyl (C=O) groups is 1. The van der Waals surface area contributed by atoms with E-state index >= 15 is 0 Å². The van der Waals surface area contributed by atoms with Crippen LogP contribution in [-0.2, 0) is 11.2 Å². The van der Waals surface area contributed by atoms with Gasteiger partial charge in [0.15, 0.2) is 0 Å². The number of amides is 1. The molecule has 0 radical (unpaired) electrons. The molecule has 0 aliphatic rings. The van der Waals surface area contributed by atoms with Crippen LogP contribution in [0.25, 0.3) is 0 Å². The van der Waals surface area contributed by atoms with Crippen molar-refractivity contribution >= 4 is 5.91 Å². The topological polar surface area (TPSA) is 49.3 Å². The van der Waals surface area contributed by atoms with Crippen LogP contribution in [-0.4, -0.2) is 17.6 Å². The van der Waals surface area contributed by atoms with Gasteiger partial charge < -0.3 is 10.4 Å². The molecule has 0 bridgehead atoms. The second-order valence-electron chi connectivity index (χ2n) is 4.89. The molecular formula is C17H19NO2. The number of aliphatic hydroxyl groups excluding tert-OH is 1. The summed E-state index contributed by atoms with van der Waals surface area (Å²) < 4.78 is 0. The van der Waals surface area contributed by atoms with Crippen molar-refractivity contribution in [1.29, 1.82) is 0 Å². The Hall–Kier alpha value is -2.13. The fourth-order valence-corrected chi connectivity index (χ4v) is 1.96. The maximum atomic E-state index is 11.8. The maximum Gasteiger partial charge on any atom is 0.224 e. The smallest absolute Gasteiger partial charge is 0.224 e. The molecule has 2 aromatic carbocycles. The van der Waals surface area contributed by atoms with E-state index in [0.29, 0.717) is 6.42 Å². The van der Waals surface area contributed by atoms with Gasteiger partial charge in [-0.1, -0.05) is 60.2 Å². The maximum absolute atomic E-state index is 11.8. The van der Waals surface area contributed by atoms with Gasteiger partial charge in [-0.3, -0.25) is 4.79 Å². The van der Waals surface area contributed by atoms with E-state index in [9.17, 15) is 9.90 Å². The van der Waals surface area contributed by atoms with E-state index in [0.717, 1.165) is 16.7 Å². The summed E-state index contributed by atoms with van der Waals surface area (Å²) in [6.07, 6.45) is -0.336. The zero-order valence-electron chi connectivity index (χ0n) is 11.5. The van der Waals surface area contributed by atoms with Crippen LogP contribution in [0.2, 0.25) is 0 Å². The van der Waals surface area contributed by atoms with E-state index in [-0.39, 0.29) is 12.5 Å². The van der Waals surface area contributed by atoms with Crippen LogP contribution in [0.5, 0.6) is 0 Å². The second kappa shape index (κ2) is 6.87. The molecule has 0 heterocycles. The first-order chi connectivity index (χ1) is 9.65. The van der Waals surface area contributed by atoms with Gasteiger partial charge in [-0.05, 0) is 18.1 Å². The fraction of sp³-hybridized carbons (Fsp3) is 0.235. The van der Waals surface area contributed by atoms with Gasteiger partial charge in [0.1, 0.15) is 0 Å². The summed E-state index contributed by atoms with van der Waals surface area (Å²) in [5.41, 5.74) is 2.93. The number of benzene rings is 2. The Morgan fingerprint density at radius 1 is 1.10 bits per heavy atom. The molecule has 2 N–H and O–H groups in total. The first-order valence-corrected chi connectivity index (χ1v) is 6.70. The van der Waals surface area contributed by atoms with Crippen LogP contribution in [0, 0.1) is 6.92 Å². The highest BCUT2D eigenvalue weighted by Crippen LogP contribution is 2.12. The van der Waals surface area contributed by atoms with Gasteiger partial charge >= 0.3 is 0 Å². The SMILES string of the molecule is Cc1ccc(C(O)CNC(=O)Cc2ccccc2)cc1. The largest absolute Gasteiger partial charge is 0.387 e. The lowest BCUT2D eigenvalue weighted by atomic mass is 10.1. The number of nitrogens with one attached hydrogen (secondary N) is 1. The highest BCUT2D eigenvalue weighted by Gasteiger charge is 2.09. The molecule has 0 saturated heterocycles. The molecule has 1 atom stereocenters. The standard InChI is InChI=1S/C17H19NO2/c1-13-7-9-15(10-8-13)16(19)12-18-17(20)11-14-5-3-2-4-6-14/h2-10,16,19H,11-12H2,1H3,(H,18,20). The summed E-state index contributed by atoms with van der Waals surface area (Å²) in [6.45, 7) is 2.23. The van der Waals surface area contributed by atoms with Crippen molar-refractivity contribution < 1.29 is 9.90 Å². The molecule has 0 aliphatic heterocycles. The number of hydrogen-bond donors (Lipinski definition) is 2. The molecule has 104 valence electrons. The average molecular weight is 269 g/mol. The summed E-state index contributed by atoms with van der Waals surface area (Å²) in [5.74, 6) is -0.0811. The van der Waals surface area contributed by atoms with E-state index in [1.54, 1.807) is 0 Å². The van der Waals surface area contributed by atoms with Gasteiger partial charge in [-0.2, -0.15) is 0 Å². The Balaban J connectivity index is 1.82. The molecule has 1 unspecified atom stereocenters. The van der Waals surface area contributed by atoms with Crippen molar-refractivity contribution in [1.82, 2.24) is 5.32 Å². The minimum Gasteiger partial charge on any atom is -0.387 e. The Bertz CT molecular complexity index is 549. The van der Waals surface area contributed by atoms with Crippen LogP contribution in [0.15, 0.2) is 54.6 Å². The van der Waals surface area contributed by atoms with E-state index in [2.05, 4.69) is 5.32 Å². The number of carbonyl (C=O) groups excluding carboxylic acids is 1. The quantitative estimate of drug-likeness (QED) is 0.875. The van der Waals surface area contributed by atoms with Crippen molar-refractivity contribution in [2.24, 2.45) is 0 Å². The van der Waals surface area contributed by atoms with Gasteiger partial charge in [0.25, 0.3) is 0 Å². The molecule has 20 heavy (non-hydrogen) atoms. The van der Waals surface area contributed by atoms with Crippen molar-refractivity contribution in [3.8, 4) is 0 Å². The molecule has 0 fully saturated rings. The first-order valence-electron chi connectivity index (χ1n) is 6.70. The summed E-state index contributed by atoms with van der Waals surface area (Å²) in [4.78, 5) is 11.8. The monoisotopic (exact) mass is 269 g/mol. The molecule has 2 rings (SSSR count). The lowest BCUT2D eigenvalue weighted by Crippen LogP contribution is -2.29. The third kappa shape index (κ3) is 4.21. The fourth-order valence-electron chi connectivity index (χ4n) is 1.96. The number of aryl methyl sites for hydroxylation is 1. The molecule has 0 spiro atoms. The predicted octanol–water partition coefficient (Wildman–Crippen LogP) is 2.39. The molecule has 3 heteroatoms. The lowest BCUT2D eigenvalue weighted by molar-refractivity contribution is -0.120.